The van der Waals surface area contributed by atoms with Crippen molar-refractivity contribution in [2.45, 2.75) is 34.2 Å². The van der Waals surface area contributed by atoms with E-state index in [0.29, 0.717) is 0 Å². The molecule has 1 aliphatic rings. The number of aryl methyl sites for hydroxylation is 1. The molecular formula is C17H23N. The van der Waals surface area contributed by atoms with Gasteiger partial charge in [-0.15, -0.1) is 0 Å². The molecule has 18 heavy (non-hydrogen) atoms. The third-order valence-electron chi connectivity index (χ3n) is 3.44. The van der Waals surface area contributed by atoms with Crippen LogP contribution in [0.3, 0.4) is 0 Å². The van der Waals surface area contributed by atoms with Crippen molar-refractivity contribution in [1.29, 1.82) is 0 Å². The van der Waals surface area contributed by atoms with E-state index in [0.717, 1.165) is 13.1 Å². The minimum Gasteiger partial charge on any atom is -0.313 e. The molecule has 0 spiro atoms. The SMILES string of the molecule is CCNCc1cc2c(cc1C)=CC=CC(C)(C)C=2. The van der Waals surface area contributed by atoms with Crippen molar-refractivity contribution in [2.75, 3.05) is 6.54 Å². The van der Waals surface area contributed by atoms with Gasteiger partial charge < -0.3 is 5.32 Å². The lowest BCUT2D eigenvalue weighted by atomic mass is 9.92. The maximum atomic E-state index is 3.41. The van der Waals surface area contributed by atoms with E-state index in [9.17, 15) is 0 Å². The molecule has 1 heteroatoms. The largest absolute Gasteiger partial charge is 0.313 e. The van der Waals surface area contributed by atoms with Crippen LogP contribution in [0.15, 0.2) is 24.3 Å². The van der Waals surface area contributed by atoms with Gasteiger partial charge in [0.05, 0.1) is 0 Å². The Labute approximate surface area is 110 Å². The van der Waals surface area contributed by atoms with Gasteiger partial charge in [-0.05, 0) is 41.1 Å². The highest BCUT2D eigenvalue weighted by Crippen LogP contribution is 2.19. The maximum Gasteiger partial charge on any atom is 0.0208 e. The molecular weight excluding hydrogens is 218 g/mol. The van der Waals surface area contributed by atoms with Crippen LogP contribution in [0.2, 0.25) is 0 Å². The van der Waals surface area contributed by atoms with Crippen LogP contribution < -0.4 is 15.8 Å². The lowest BCUT2D eigenvalue weighted by Crippen LogP contribution is -2.28. The predicted octanol–water partition coefficient (Wildman–Crippen LogP) is 2.26. The first-order chi connectivity index (χ1) is 8.52. The van der Waals surface area contributed by atoms with Gasteiger partial charge in [0.25, 0.3) is 0 Å². The van der Waals surface area contributed by atoms with Gasteiger partial charge in [0.2, 0.25) is 0 Å². The van der Waals surface area contributed by atoms with Gasteiger partial charge >= 0.3 is 0 Å². The Balaban J connectivity index is 2.55. The average Bonchev–Trinajstić information content (AvgIpc) is 2.43. The van der Waals surface area contributed by atoms with Crippen molar-refractivity contribution in [3.05, 3.63) is 45.8 Å². The van der Waals surface area contributed by atoms with Crippen LogP contribution in [0, 0.1) is 12.3 Å². The van der Waals surface area contributed by atoms with Crippen LogP contribution in [0.4, 0.5) is 0 Å². The van der Waals surface area contributed by atoms with Gasteiger partial charge in [-0.2, -0.15) is 0 Å². The van der Waals surface area contributed by atoms with Gasteiger partial charge in [-0.25, -0.2) is 0 Å². The topological polar surface area (TPSA) is 12.0 Å². The summed E-state index contributed by atoms with van der Waals surface area (Å²) >= 11 is 0. The van der Waals surface area contributed by atoms with E-state index < -0.39 is 0 Å². The maximum absolute atomic E-state index is 3.41. The molecule has 0 unspecified atom stereocenters. The number of hydrogen-bond donors (Lipinski definition) is 1. The van der Waals surface area contributed by atoms with Crippen LogP contribution in [0.25, 0.3) is 12.2 Å². The van der Waals surface area contributed by atoms with E-state index in [1.165, 1.54) is 21.6 Å². The molecule has 0 saturated carbocycles. The normalized spacial score (nSPS) is 16.4. The quantitative estimate of drug-likeness (QED) is 0.856. The van der Waals surface area contributed by atoms with E-state index in [-0.39, 0.29) is 5.41 Å². The summed E-state index contributed by atoms with van der Waals surface area (Å²) in [5.41, 5.74) is 2.90. The minimum atomic E-state index is 0.131. The Bertz CT molecular complexity index is 576. The Hall–Kier alpha value is -1.34. The standard InChI is InChI=1S/C17H23N/c1-5-18-12-16-10-15-11-17(3,4)8-6-7-14(15)9-13(16)2/h6-11,18H,5,12H2,1-4H3. The Kier molecular flexibility index (Phi) is 3.72. The van der Waals surface area contributed by atoms with Crippen LogP contribution >= 0.6 is 0 Å². The summed E-state index contributed by atoms with van der Waals surface area (Å²) in [5.74, 6) is 0. The monoisotopic (exact) mass is 241 g/mol. The van der Waals surface area contributed by atoms with Crippen LogP contribution in [0.1, 0.15) is 31.9 Å². The van der Waals surface area contributed by atoms with Crippen molar-refractivity contribution in [3.8, 4) is 0 Å². The minimum absolute atomic E-state index is 0.131. The first-order valence-corrected chi connectivity index (χ1v) is 6.74. The van der Waals surface area contributed by atoms with E-state index in [2.05, 4.69) is 69.4 Å². The zero-order chi connectivity index (χ0) is 13.2. The van der Waals surface area contributed by atoms with E-state index in [4.69, 9.17) is 0 Å². The summed E-state index contributed by atoms with van der Waals surface area (Å²) in [6.07, 6.45) is 9.00. The molecule has 1 nitrogen and oxygen atoms in total. The molecule has 0 bridgehead atoms. The molecule has 0 radical (unpaired) electrons. The van der Waals surface area contributed by atoms with Crippen molar-refractivity contribution in [2.24, 2.45) is 5.41 Å². The summed E-state index contributed by atoms with van der Waals surface area (Å²) in [6.45, 7) is 10.8. The summed E-state index contributed by atoms with van der Waals surface area (Å²) in [7, 11) is 0. The lowest BCUT2D eigenvalue weighted by Gasteiger charge is -2.13. The second-order valence-electron chi connectivity index (χ2n) is 5.68. The van der Waals surface area contributed by atoms with Gasteiger partial charge in [-0.1, -0.05) is 51.1 Å². The zero-order valence-corrected chi connectivity index (χ0v) is 11.9. The highest BCUT2D eigenvalue weighted by Gasteiger charge is 2.11. The molecule has 2 rings (SSSR count). The Morgan fingerprint density at radius 1 is 1.17 bits per heavy atom. The molecule has 0 aromatic heterocycles. The summed E-state index contributed by atoms with van der Waals surface area (Å²) in [4.78, 5) is 0. The number of fused-ring (bicyclic) bond motifs is 1. The highest BCUT2D eigenvalue weighted by atomic mass is 14.8. The lowest BCUT2D eigenvalue weighted by molar-refractivity contribution is 0.670. The summed E-state index contributed by atoms with van der Waals surface area (Å²) in [6, 6.07) is 4.63. The van der Waals surface area contributed by atoms with Crippen molar-refractivity contribution in [3.63, 3.8) is 0 Å². The zero-order valence-electron chi connectivity index (χ0n) is 11.9. The molecule has 1 N–H and O–H groups in total. The third kappa shape index (κ3) is 2.91. The fraction of sp³-hybridized carbons (Fsp3) is 0.412. The van der Waals surface area contributed by atoms with Crippen molar-refractivity contribution < 1.29 is 0 Å². The van der Waals surface area contributed by atoms with Crippen LogP contribution in [0.5, 0.6) is 0 Å². The summed E-state index contributed by atoms with van der Waals surface area (Å²) in [5, 5.41) is 6.09. The van der Waals surface area contributed by atoms with Gasteiger partial charge in [0.15, 0.2) is 0 Å². The first kappa shape index (κ1) is 13.1. The van der Waals surface area contributed by atoms with Gasteiger partial charge in [-0.3, -0.25) is 0 Å². The molecule has 0 aliphatic heterocycles. The Morgan fingerprint density at radius 3 is 2.67 bits per heavy atom. The molecule has 0 saturated heterocycles. The molecule has 1 aromatic rings. The fourth-order valence-electron chi connectivity index (χ4n) is 2.36. The van der Waals surface area contributed by atoms with Gasteiger partial charge in [0, 0.05) is 12.0 Å². The number of nitrogens with one attached hydrogen (secondary N) is 1. The van der Waals surface area contributed by atoms with Crippen LogP contribution in [-0.2, 0) is 6.54 Å². The fourth-order valence-corrected chi connectivity index (χ4v) is 2.36. The second kappa shape index (κ2) is 5.11. The Morgan fingerprint density at radius 2 is 1.94 bits per heavy atom. The van der Waals surface area contributed by atoms with Crippen LogP contribution in [-0.4, -0.2) is 6.54 Å². The molecule has 0 amide bonds. The number of rotatable bonds is 3. The van der Waals surface area contributed by atoms with E-state index >= 15 is 0 Å². The molecule has 1 aliphatic carbocycles. The molecule has 96 valence electrons. The molecule has 0 heterocycles. The number of allylic oxidation sites excluding steroid dienone is 2. The van der Waals surface area contributed by atoms with Gasteiger partial charge in [0.1, 0.15) is 0 Å². The third-order valence-corrected chi connectivity index (χ3v) is 3.44. The van der Waals surface area contributed by atoms with Crippen molar-refractivity contribution >= 4 is 12.2 Å². The molecule has 0 fully saturated rings. The second-order valence-corrected chi connectivity index (χ2v) is 5.68. The molecule has 0 atom stereocenters. The highest BCUT2D eigenvalue weighted by molar-refractivity contribution is 5.50. The smallest absolute Gasteiger partial charge is 0.0208 e. The summed E-state index contributed by atoms with van der Waals surface area (Å²) < 4.78 is 0. The van der Waals surface area contributed by atoms with Crippen molar-refractivity contribution in [1.82, 2.24) is 5.32 Å². The number of benzene rings is 1. The first-order valence-electron chi connectivity index (χ1n) is 6.74. The predicted molar refractivity (Wildman–Crippen MR) is 79.7 cm³/mol. The van der Waals surface area contributed by atoms with E-state index in [1.807, 2.05) is 0 Å². The average molecular weight is 241 g/mol. The van der Waals surface area contributed by atoms with E-state index in [1.54, 1.807) is 0 Å². The molecule has 1 aromatic carbocycles. The number of hydrogen-bond acceptors (Lipinski definition) is 1.